The quantitative estimate of drug-likeness (QED) is 0.641. The van der Waals surface area contributed by atoms with Crippen LogP contribution in [0.1, 0.15) is 11.5 Å². The molecule has 0 radical (unpaired) electrons. The third kappa shape index (κ3) is 1.04. The van der Waals surface area contributed by atoms with E-state index >= 15 is 0 Å². The molecule has 0 saturated carbocycles. The summed E-state index contributed by atoms with van der Waals surface area (Å²) in [4.78, 5) is 2.24. The monoisotopic (exact) mass is 234 g/mol. The van der Waals surface area contributed by atoms with Gasteiger partial charge in [-0.05, 0) is 11.5 Å². The van der Waals surface area contributed by atoms with Gasteiger partial charge in [0.05, 0.1) is 10.8 Å². The molecule has 1 aromatic heterocycles. The van der Waals surface area contributed by atoms with Crippen molar-refractivity contribution in [2.45, 2.75) is 16.7 Å². The van der Waals surface area contributed by atoms with Crippen LogP contribution in [0.2, 0.25) is 0 Å². The molecule has 3 atom stereocenters. The lowest BCUT2D eigenvalue weighted by atomic mass is 9.97. The molecule has 0 spiro atoms. The maximum atomic E-state index is 6.26. The SMILES string of the molecule is ClC1CN2CC(c3csnc32)C1Cl. The van der Waals surface area contributed by atoms with E-state index in [0.29, 0.717) is 5.92 Å². The summed E-state index contributed by atoms with van der Waals surface area (Å²) in [5, 5.41) is 2.22. The Morgan fingerprint density at radius 3 is 3.15 bits per heavy atom. The number of aromatic nitrogens is 1. The zero-order valence-corrected chi connectivity index (χ0v) is 9.11. The summed E-state index contributed by atoms with van der Waals surface area (Å²) < 4.78 is 4.36. The Bertz CT molecular complexity index is 341. The second-order valence-electron chi connectivity index (χ2n) is 3.57. The van der Waals surface area contributed by atoms with Gasteiger partial charge in [-0.2, -0.15) is 4.37 Å². The highest BCUT2D eigenvalue weighted by molar-refractivity contribution is 7.04. The molecule has 70 valence electrons. The van der Waals surface area contributed by atoms with E-state index in [1.165, 1.54) is 17.1 Å². The fraction of sp³-hybridized carbons (Fsp3) is 0.625. The number of fused-ring (bicyclic) bond motifs is 5. The fourth-order valence-corrected chi connectivity index (χ4v) is 3.56. The fourth-order valence-electron chi connectivity index (χ4n) is 2.15. The first-order valence-corrected chi connectivity index (χ1v) is 5.95. The van der Waals surface area contributed by atoms with E-state index in [1.807, 2.05) is 0 Å². The normalized spacial score (nSPS) is 36.5. The van der Waals surface area contributed by atoms with Crippen LogP contribution in [-0.4, -0.2) is 28.2 Å². The van der Waals surface area contributed by atoms with Crippen LogP contribution in [0, 0.1) is 0 Å². The van der Waals surface area contributed by atoms with E-state index in [2.05, 4.69) is 14.7 Å². The van der Waals surface area contributed by atoms with Crippen LogP contribution < -0.4 is 4.90 Å². The van der Waals surface area contributed by atoms with Crippen molar-refractivity contribution in [2.75, 3.05) is 18.0 Å². The minimum Gasteiger partial charge on any atom is -0.353 e. The molecule has 2 bridgehead atoms. The first-order chi connectivity index (χ1) is 6.27. The first-order valence-electron chi connectivity index (χ1n) is 4.24. The van der Waals surface area contributed by atoms with E-state index in [0.717, 1.165) is 18.9 Å². The average Bonchev–Trinajstić information content (AvgIpc) is 2.64. The molecule has 0 aromatic carbocycles. The van der Waals surface area contributed by atoms with Gasteiger partial charge in [-0.1, -0.05) is 0 Å². The van der Waals surface area contributed by atoms with Crippen LogP contribution in [-0.2, 0) is 0 Å². The molecule has 1 fully saturated rings. The van der Waals surface area contributed by atoms with Crippen LogP contribution in [0.3, 0.4) is 0 Å². The number of rotatable bonds is 0. The van der Waals surface area contributed by atoms with Gasteiger partial charge in [-0.3, -0.25) is 0 Å². The van der Waals surface area contributed by atoms with Gasteiger partial charge in [0, 0.05) is 30.0 Å². The third-order valence-electron chi connectivity index (χ3n) is 2.82. The van der Waals surface area contributed by atoms with E-state index in [4.69, 9.17) is 23.2 Å². The maximum Gasteiger partial charge on any atom is 0.145 e. The van der Waals surface area contributed by atoms with Gasteiger partial charge in [-0.25, -0.2) is 0 Å². The first kappa shape index (κ1) is 8.33. The molecule has 2 aliphatic heterocycles. The summed E-state index contributed by atoms with van der Waals surface area (Å²) in [5.41, 5.74) is 1.30. The van der Waals surface area contributed by atoms with Crippen LogP contribution in [0.15, 0.2) is 5.38 Å². The number of halogens is 2. The van der Waals surface area contributed by atoms with Crippen molar-refractivity contribution < 1.29 is 0 Å². The van der Waals surface area contributed by atoms with Crippen LogP contribution in [0.25, 0.3) is 0 Å². The number of hydrogen-bond donors (Lipinski definition) is 0. The van der Waals surface area contributed by atoms with Crippen molar-refractivity contribution in [3.05, 3.63) is 10.9 Å². The molecular weight excluding hydrogens is 227 g/mol. The summed E-state index contributed by atoms with van der Waals surface area (Å²) in [6, 6.07) is 0. The smallest absolute Gasteiger partial charge is 0.145 e. The van der Waals surface area contributed by atoms with Crippen molar-refractivity contribution in [3.8, 4) is 0 Å². The van der Waals surface area contributed by atoms with Crippen LogP contribution in [0.4, 0.5) is 5.82 Å². The molecule has 3 unspecified atom stereocenters. The van der Waals surface area contributed by atoms with Gasteiger partial charge in [0.2, 0.25) is 0 Å². The third-order valence-corrected chi connectivity index (χ3v) is 4.60. The maximum absolute atomic E-state index is 6.26. The lowest BCUT2D eigenvalue weighted by molar-refractivity contribution is 0.559. The second kappa shape index (κ2) is 2.75. The van der Waals surface area contributed by atoms with Crippen molar-refractivity contribution in [1.29, 1.82) is 0 Å². The molecule has 0 N–H and O–H groups in total. The van der Waals surface area contributed by atoms with Crippen molar-refractivity contribution in [3.63, 3.8) is 0 Å². The van der Waals surface area contributed by atoms with Crippen molar-refractivity contribution >= 4 is 40.6 Å². The number of hydrogen-bond acceptors (Lipinski definition) is 3. The second-order valence-corrected chi connectivity index (χ2v) is 5.26. The molecule has 2 nitrogen and oxygen atoms in total. The van der Waals surface area contributed by atoms with E-state index in [1.54, 1.807) is 0 Å². The minimum atomic E-state index is 0.0552. The summed E-state index contributed by atoms with van der Waals surface area (Å²) >= 11 is 13.9. The largest absolute Gasteiger partial charge is 0.353 e. The zero-order chi connectivity index (χ0) is 9.00. The highest BCUT2D eigenvalue weighted by atomic mass is 35.5. The Kier molecular flexibility index (Phi) is 1.76. The van der Waals surface area contributed by atoms with E-state index < -0.39 is 0 Å². The number of nitrogens with zero attached hydrogens (tertiary/aromatic N) is 2. The topological polar surface area (TPSA) is 16.1 Å². The predicted molar refractivity (Wildman–Crippen MR) is 56.4 cm³/mol. The zero-order valence-electron chi connectivity index (χ0n) is 6.78. The summed E-state index contributed by atoms with van der Waals surface area (Å²) in [5.74, 6) is 1.51. The summed E-state index contributed by atoms with van der Waals surface area (Å²) in [6.07, 6.45) is 0. The molecule has 1 aromatic rings. The number of alkyl halides is 2. The summed E-state index contributed by atoms with van der Waals surface area (Å²) in [7, 11) is 0. The Labute approximate surface area is 90.6 Å². The molecule has 13 heavy (non-hydrogen) atoms. The van der Waals surface area contributed by atoms with Gasteiger partial charge >= 0.3 is 0 Å². The Hall–Kier alpha value is 0.01000. The number of anilines is 1. The minimum absolute atomic E-state index is 0.0552. The molecule has 1 saturated heterocycles. The Balaban J connectivity index is 2.08. The standard InChI is InChI=1S/C8H8Cl2N2S/c9-6-2-12-1-4(7(6)10)5-3-13-11-8(5)12/h3-4,6-7H,1-2H2. The van der Waals surface area contributed by atoms with Crippen molar-refractivity contribution in [2.24, 2.45) is 0 Å². The highest BCUT2D eigenvalue weighted by Crippen LogP contribution is 2.45. The average molecular weight is 235 g/mol. The predicted octanol–water partition coefficient (Wildman–Crippen LogP) is 2.28. The van der Waals surface area contributed by atoms with Crippen LogP contribution >= 0.6 is 34.7 Å². The van der Waals surface area contributed by atoms with Crippen molar-refractivity contribution in [1.82, 2.24) is 4.37 Å². The molecular formula is C8H8Cl2N2S. The lowest BCUT2D eigenvalue weighted by Gasteiger charge is -2.31. The van der Waals surface area contributed by atoms with Crippen LogP contribution in [0.5, 0.6) is 0 Å². The lowest BCUT2D eigenvalue weighted by Crippen LogP contribution is -2.42. The molecule has 5 heteroatoms. The van der Waals surface area contributed by atoms with Gasteiger partial charge < -0.3 is 4.90 Å². The number of piperidine rings is 1. The molecule has 0 amide bonds. The molecule has 2 aliphatic rings. The molecule has 0 aliphatic carbocycles. The molecule has 3 rings (SSSR count). The van der Waals surface area contributed by atoms with Gasteiger partial charge in [0.15, 0.2) is 0 Å². The van der Waals surface area contributed by atoms with E-state index in [9.17, 15) is 0 Å². The van der Waals surface area contributed by atoms with E-state index in [-0.39, 0.29) is 10.8 Å². The Morgan fingerprint density at radius 1 is 1.46 bits per heavy atom. The van der Waals surface area contributed by atoms with Gasteiger partial charge in [-0.15, -0.1) is 23.2 Å². The summed E-state index contributed by atoms with van der Waals surface area (Å²) in [6.45, 7) is 1.84. The van der Waals surface area contributed by atoms with Gasteiger partial charge in [0.1, 0.15) is 5.82 Å². The highest BCUT2D eigenvalue weighted by Gasteiger charge is 2.43. The Morgan fingerprint density at radius 2 is 2.31 bits per heavy atom. The molecule has 3 heterocycles. The van der Waals surface area contributed by atoms with Gasteiger partial charge in [0.25, 0.3) is 0 Å².